The molecule has 116 valence electrons. The summed E-state index contributed by atoms with van der Waals surface area (Å²) >= 11 is 0.961. The third-order valence-corrected chi connectivity index (χ3v) is 4.13. The first-order valence-electron chi connectivity index (χ1n) is 6.88. The van der Waals surface area contributed by atoms with Gasteiger partial charge in [0, 0.05) is 0 Å². The minimum atomic E-state index is -1.03. The monoisotopic (exact) mass is 319 g/mol. The van der Waals surface area contributed by atoms with Crippen LogP contribution < -0.4 is 10.1 Å². The Bertz CT molecular complexity index is 680. The van der Waals surface area contributed by atoms with Crippen LogP contribution in [-0.4, -0.2) is 23.6 Å². The maximum Gasteiger partial charge on any atom is 0.345 e. The molecule has 2 N–H and O–H groups in total. The van der Waals surface area contributed by atoms with E-state index in [1.807, 2.05) is 38.1 Å². The average molecular weight is 319 g/mol. The second-order valence-corrected chi connectivity index (χ2v) is 5.75. The summed E-state index contributed by atoms with van der Waals surface area (Å²) in [7, 11) is 0. The van der Waals surface area contributed by atoms with E-state index in [0.29, 0.717) is 11.5 Å². The molecule has 1 unspecified atom stereocenters. The van der Waals surface area contributed by atoms with E-state index in [9.17, 15) is 9.59 Å². The Labute approximate surface area is 132 Å². The fourth-order valence-electron chi connectivity index (χ4n) is 1.97. The number of nitrogens with one attached hydrogen (secondary N) is 1. The van der Waals surface area contributed by atoms with Gasteiger partial charge in [0.15, 0.2) is 0 Å². The van der Waals surface area contributed by atoms with Crippen molar-refractivity contribution in [3.8, 4) is 5.75 Å². The molecular weight excluding hydrogens is 302 g/mol. The standard InChI is InChI=1S/C16H17NO4S/c1-3-21-12-6-4-5-11(9-12)10(2)17-15(18)13-7-8-14(22-13)16(19)20/h4-10H,3H2,1-2H3,(H,17,18)(H,19,20). The van der Waals surface area contributed by atoms with E-state index in [0.717, 1.165) is 22.6 Å². The molecule has 1 aromatic heterocycles. The molecule has 1 aromatic carbocycles. The summed E-state index contributed by atoms with van der Waals surface area (Å²) in [6.45, 7) is 4.36. The van der Waals surface area contributed by atoms with Gasteiger partial charge in [0.05, 0.1) is 17.5 Å². The van der Waals surface area contributed by atoms with Gasteiger partial charge in [-0.2, -0.15) is 0 Å². The maximum atomic E-state index is 12.2. The van der Waals surface area contributed by atoms with Crippen molar-refractivity contribution in [2.45, 2.75) is 19.9 Å². The molecule has 6 heteroatoms. The Kier molecular flexibility index (Phi) is 5.16. The normalized spacial score (nSPS) is 11.7. The number of hydrogen-bond donors (Lipinski definition) is 2. The van der Waals surface area contributed by atoms with E-state index in [1.165, 1.54) is 12.1 Å². The largest absolute Gasteiger partial charge is 0.494 e. The van der Waals surface area contributed by atoms with Crippen molar-refractivity contribution in [3.63, 3.8) is 0 Å². The van der Waals surface area contributed by atoms with Gasteiger partial charge in [-0.25, -0.2) is 4.79 Å². The molecule has 0 spiro atoms. The van der Waals surface area contributed by atoms with E-state index in [4.69, 9.17) is 9.84 Å². The molecule has 0 aliphatic heterocycles. The van der Waals surface area contributed by atoms with Gasteiger partial charge in [0.2, 0.25) is 0 Å². The van der Waals surface area contributed by atoms with E-state index >= 15 is 0 Å². The number of hydrogen-bond acceptors (Lipinski definition) is 4. The Morgan fingerprint density at radius 3 is 2.64 bits per heavy atom. The van der Waals surface area contributed by atoms with Gasteiger partial charge in [0.1, 0.15) is 10.6 Å². The number of amides is 1. The van der Waals surface area contributed by atoms with Gasteiger partial charge in [0.25, 0.3) is 5.91 Å². The summed E-state index contributed by atoms with van der Waals surface area (Å²) in [6, 6.07) is 10.3. The van der Waals surface area contributed by atoms with Crippen LogP contribution in [0.4, 0.5) is 0 Å². The number of thiophene rings is 1. The van der Waals surface area contributed by atoms with Gasteiger partial charge in [-0.05, 0) is 43.7 Å². The summed E-state index contributed by atoms with van der Waals surface area (Å²) in [5.41, 5.74) is 0.925. The quantitative estimate of drug-likeness (QED) is 0.856. The Morgan fingerprint density at radius 1 is 1.27 bits per heavy atom. The molecule has 0 aliphatic carbocycles. The molecule has 0 fully saturated rings. The van der Waals surface area contributed by atoms with Crippen molar-refractivity contribution in [1.29, 1.82) is 0 Å². The SMILES string of the molecule is CCOc1cccc(C(C)NC(=O)c2ccc(C(=O)O)s2)c1. The number of carbonyl (C=O) groups excluding carboxylic acids is 1. The molecule has 0 saturated carbocycles. The predicted molar refractivity (Wildman–Crippen MR) is 84.8 cm³/mol. The van der Waals surface area contributed by atoms with Crippen LogP contribution in [0.3, 0.4) is 0 Å². The first kappa shape index (κ1) is 16.0. The van der Waals surface area contributed by atoms with Crippen LogP contribution >= 0.6 is 11.3 Å². The number of carbonyl (C=O) groups is 2. The third kappa shape index (κ3) is 3.85. The van der Waals surface area contributed by atoms with Crippen LogP contribution in [0.5, 0.6) is 5.75 Å². The molecule has 1 atom stereocenters. The molecule has 0 aliphatic rings. The molecule has 0 saturated heterocycles. The highest BCUT2D eigenvalue weighted by Gasteiger charge is 2.16. The van der Waals surface area contributed by atoms with Crippen molar-refractivity contribution in [2.24, 2.45) is 0 Å². The smallest absolute Gasteiger partial charge is 0.345 e. The molecule has 0 bridgehead atoms. The lowest BCUT2D eigenvalue weighted by atomic mass is 10.1. The maximum absolute atomic E-state index is 12.2. The zero-order chi connectivity index (χ0) is 16.1. The van der Waals surface area contributed by atoms with Crippen molar-refractivity contribution < 1.29 is 19.4 Å². The number of benzene rings is 1. The number of rotatable bonds is 6. The number of ether oxygens (including phenoxy) is 1. The van der Waals surface area contributed by atoms with Crippen molar-refractivity contribution in [1.82, 2.24) is 5.32 Å². The fourth-order valence-corrected chi connectivity index (χ4v) is 2.71. The third-order valence-electron chi connectivity index (χ3n) is 3.06. The van der Waals surface area contributed by atoms with Crippen molar-refractivity contribution in [3.05, 3.63) is 51.7 Å². The number of aromatic carboxylic acids is 1. The van der Waals surface area contributed by atoms with E-state index < -0.39 is 5.97 Å². The van der Waals surface area contributed by atoms with Crippen LogP contribution in [-0.2, 0) is 0 Å². The summed E-state index contributed by atoms with van der Waals surface area (Å²) in [5, 5.41) is 11.7. The minimum Gasteiger partial charge on any atom is -0.494 e. The van der Waals surface area contributed by atoms with E-state index in [2.05, 4.69) is 5.32 Å². The molecule has 0 radical (unpaired) electrons. The Morgan fingerprint density at radius 2 is 2.00 bits per heavy atom. The summed E-state index contributed by atoms with van der Waals surface area (Å²) < 4.78 is 5.44. The van der Waals surface area contributed by atoms with Crippen molar-refractivity contribution in [2.75, 3.05) is 6.61 Å². The molecular formula is C16H17NO4S. The predicted octanol–water partition coefficient (Wildman–Crippen LogP) is 3.34. The summed E-state index contributed by atoms with van der Waals surface area (Å²) in [5.74, 6) is -0.557. The van der Waals surface area contributed by atoms with Gasteiger partial charge in [-0.3, -0.25) is 4.79 Å². The Balaban J connectivity index is 2.07. The van der Waals surface area contributed by atoms with E-state index in [-0.39, 0.29) is 16.8 Å². The van der Waals surface area contributed by atoms with Crippen LogP contribution in [0.2, 0.25) is 0 Å². The van der Waals surface area contributed by atoms with Crippen LogP contribution in [0.15, 0.2) is 36.4 Å². The van der Waals surface area contributed by atoms with Gasteiger partial charge in [-0.15, -0.1) is 11.3 Å². The average Bonchev–Trinajstić information content (AvgIpc) is 2.98. The fraction of sp³-hybridized carbons (Fsp3) is 0.250. The number of carboxylic acids is 1. The first-order valence-corrected chi connectivity index (χ1v) is 7.69. The topological polar surface area (TPSA) is 75.6 Å². The van der Waals surface area contributed by atoms with E-state index in [1.54, 1.807) is 0 Å². The van der Waals surface area contributed by atoms with Gasteiger partial charge in [-0.1, -0.05) is 12.1 Å². The van der Waals surface area contributed by atoms with Gasteiger partial charge < -0.3 is 15.2 Å². The van der Waals surface area contributed by atoms with Crippen LogP contribution in [0.1, 0.15) is 44.8 Å². The van der Waals surface area contributed by atoms with Gasteiger partial charge >= 0.3 is 5.97 Å². The zero-order valence-electron chi connectivity index (χ0n) is 12.3. The highest BCUT2D eigenvalue weighted by molar-refractivity contribution is 7.15. The lowest BCUT2D eigenvalue weighted by Crippen LogP contribution is -2.25. The summed E-state index contributed by atoms with van der Waals surface area (Å²) in [6.07, 6.45) is 0. The summed E-state index contributed by atoms with van der Waals surface area (Å²) in [4.78, 5) is 23.5. The molecule has 5 nitrogen and oxygen atoms in total. The lowest BCUT2D eigenvalue weighted by molar-refractivity contribution is 0.0702. The molecule has 2 aromatic rings. The lowest BCUT2D eigenvalue weighted by Gasteiger charge is -2.15. The van der Waals surface area contributed by atoms with Crippen LogP contribution in [0.25, 0.3) is 0 Å². The van der Waals surface area contributed by atoms with Crippen molar-refractivity contribution >= 4 is 23.2 Å². The molecule has 22 heavy (non-hydrogen) atoms. The molecule has 1 heterocycles. The highest BCUT2D eigenvalue weighted by Crippen LogP contribution is 2.21. The minimum absolute atomic E-state index is 0.149. The van der Waals surface area contributed by atoms with Crippen LogP contribution in [0, 0.1) is 0 Å². The first-order chi connectivity index (χ1) is 10.5. The second kappa shape index (κ2) is 7.09. The zero-order valence-corrected chi connectivity index (χ0v) is 13.1. The second-order valence-electron chi connectivity index (χ2n) is 4.67. The Hall–Kier alpha value is -2.34. The molecule has 1 amide bonds. The molecule has 2 rings (SSSR count). The highest BCUT2D eigenvalue weighted by atomic mass is 32.1. The number of carboxylic acid groups (broad SMARTS) is 1.